The molecule has 1 aliphatic rings. The van der Waals surface area contributed by atoms with Gasteiger partial charge in [0.1, 0.15) is 0 Å². The molecule has 0 aromatic carbocycles. The van der Waals surface area contributed by atoms with Crippen LogP contribution in [0.3, 0.4) is 0 Å². The minimum absolute atomic E-state index is 0.266. The second kappa shape index (κ2) is 7.10. The number of nitriles is 1. The third-order valence-corrected chi connectivity index (χ3v) is 3.26. The summed E-state index contributed by atoms with van der Waals surface area (Å²) in [6, 6.07) is 2.86. The molecule has 0 atom stereocenters. The van der Waals surface area contributed by atoms with Crippen LogP contribution in [-0.2, 0) is 0 Å². The first-order chi connectivity index (χ1) is 6.88. The topological polar surface area (TPSA) is 47.3 Å². The maximum absolute atomic E-state index is 8.86. The highest BCUT2D eigenvalue weighted by Gasteiger charge is 2.27. The Labute approximate surface area is 90.1 Å². The standard InChI is InChI=1S/C10H18N2OS/c11-4-9-14-8-1-5-12(6-7-13)10-2-3-10/h10,13H,1-3,5-9H2. The smallest absolute Gasteiger partial charge is 0.0808 e. The van der Waals surface area contributed by atoms with Gasteiger partial charge in [0.2, 0.25) is 0 Å². The van der Waals surface area contributed by atoms with Gasteiger partial charge in [-0.3, -0.25) is 4.90 Å². The van der Waals surface area contributed by atoms with Gasteiger partial charge in [-0.25, -0.2) is 0 Å². The van der Waals surface area contributed by atoms with Crippen molar-refractivity contribution in [3.8, 4) is 6.07 Å². The molecule has 1 aliphatic carbocycles. The SMILES string of the molecule is N#CCSCCCN(CCO)C1CC1. The fraction of sp³-hybridized carbons (Fsp3) is 0.900. The highest BCUT2D eigenvalue weighted by atomic mass is 32.2. The molecule has 80 valence electrons. The normalized spacial score (nSPS) is 15.8. The summed E-state index contributed by atoms with van der Waals surface area (Å²) in [6.07, 6.45) is 3.72. The zero-order chi connectivity index (χ0) is 10.2. The summed E-state index contributed by atoms with van der Waals surface area (Å²) in [5.74, 6) is 1.66. The van der Waals surface area contributed by atoms with E-state index in [0.29, 0.717) is 5.75 Å². The first kappa shape index (κ1) is 11.8. The third kappa shape index (κ3) is 4.85. The molecule has 1 saturated carbocycles. The quantitative estimate of drug-likeness (QED) is 0.614. The third-order valence-electron chi connectivity index (χ3n) is 2.35. The highest BCUT2D eigenvalue weighted by Crippen LogP contribution is 2.26. The predicted octanol–water partition coefficient (Wildman–Crippen LogP) is 1.09. The van der Waals surface area contributed by atoms with E-state index >= 15 is 0 Å². The fourth-order valence-corrected chi connectivity index (χ4v) is 2.10. The van der Waals surface area contributed by atoms with Crippen LogP contribution in [0, 0.1) is 11.3 Å². The molecule has 0 amide bonds. The Morgan fingerprint density at radius 1 is 1.43 bits per heavy atom. The minimum Gasteiger partial charge on any atom is -0.395 e. The van der Waals surface area contributed by atoms with Gasteiger partial charge in [-0.15, -0.1) is 11.8 Å². The van der Waals surface area contributed by atoms with Crippen LogP contribution in [0.15, 0.2) is 0 Å². The van der Waals surface area contributed by atoms with E-state index in [9.17, 15) is 0 Å². The molecule has 14 heavy (non-hydrogen) atoms. The molecule has 0 aromatic rings. The lowest BCUT2D eigenvalue weighted by molar-refractivity contribution is 0.190. The Bertz CT molecular complexity index is 189. The van der Waals surface area contributed by atoms with E-state index in [0.717, 1.165) is 31.3 Å². The van der Waals surface area contributed by atoms with Crippen molar-refractivity contribution in [2.45, 2.75) is 25.3 Å². The molecule has 3 nitrogen and oxygen atoms in total. The molecule has 1 rings (SSSR count). The first-order valence-electron chi connectivity index (χ1n) is 5.18. The maximum atomic E-state index is 8.86. The summed E-state index contributed by atoms with van der Waals surface area (Å²) >= 11 is 1.70. The summed E-state index contributed by atoms with van der Waals surface area (Å²) in [5, 5.41) is 17.2. The number of thioether (sulfide) groups is 1. The van der Waals surface area contributed by atoms with Gasteiger partial charge in [0.25, 0.3) is 0 Å². The van der Waals surface area contributed by atoms with Crippen LogP contribution in [0.5, 0.6) is 0 Å². The Morgan fingerprint density at radius 2 is 2.21 bits per heavy atom. The maximum Gasteiger partial charge on any atom is 0.0808 e. The largest absolute Gasteiger partial charge is 0.395 e. The molecule has 0 unspecified atom stereocenters. The molecule has 0 saturated heterocycles. The van der Waals surface area contributed by atoms with Crippen molar-refractivity contribution in [1.29, 1.82) is 5.26 Å². The Balaban J connectivity index is 1.99. The Kier molecular flexibility index (Phi) is 6.00. The van der Waals surface area contributed by atoms with Gasteiger partial charge < -0.3 is 5.11 Å². The van der Waals surface area contributed by atoms with Gasteiger partial charge in [-0.1, -0.05) is 0 Å². The average molecular weight is 214 g/mol. The fourth-order valence-electron chi connectivity index (χ4n) is 1.53. The average Bonchev–Trinajstić information content (AvgIpc) is 2.99. The Morgan fingerprint density at radius 3 is 2.79 bits per heavy atom. The summed E-state index contributed by atoms with van der Waals surface area (Å²) in [4.78, 5) is 2.37. The van der Waals surface area contributed by atoms with Crippen molar-refractivity contribution in [3.63, 3.8) is 0 Å². The number of aliphatic hydroxyl groups excluding tert-OH is 1. The van der Waals surface area contributed by atoms with Crippen LogP contribution in [-0.4, -0.2) is 47.3 Å². The molecule has 0 radical (unpaired) electrons. The van der Waals surface area contributed by atoms with Crippen molar-refractivity contribution in [2.24, 2.45) is 0 Å². The summed E-state index contributed by atoms with van der Waals surface area (Å²) < 4.78 is 0. The zero-order valence-electron chi connectivity index (χ0n) is 8.48. The molecule has 1 N–H and O–H groups in total. The van der Waals surface area contributed by atoms with Gasteiger partial charge >= 0.3 is 0 Å². The number of hydrogen-bond acceptors (Lipinski definition) is 4. The molecule has 0 heterocycles. The van der Waals surface area contributed by atoms with Gasteiger partial charge in [-0.2, -0.15) is 5.26 Å². The molecule has 0 bridgehead atoms. The van der Waals surface area contributed by atoms with Crippen molar-refractivity contribution in [1.82, 2.24) is 4.90 Å². The molecular formula is C10H18N2OS. The van der Waals surface area contributed by atoms with Crippen molar-refractivity contribution < 1.29 is 5.11 Å². The molecular weight excluding hydrogens is 196 g/mol. The first-order valence-corrected chi connectivity index (χ1v) is 6.33. The Hall–Kier alpha value is -0.240. The van der Waals surface area contributed by atoms with Crippen LogP contribution in [0.1, 0.15) is 19.3 Å². The van der Waals surface area contributed by atoms with Gasteiger partial charge in [0.05, 0.1) is 18.4 Å². The van der Waals surface area contributed by atoms with Crippen LogP contribution < -0.4 is 0 Å². The van der Waals surface area contributed by atoms with Crippen molar-refractivity contribution >= 4 is 11.8 Å². The van der Waals surface area contributed by atoms with Crippen LogP contribution in [0.25, 0.3) is 0 Å². The van der Waals surface area contributed by atoms with Crippen LogP contribution in [0.2, 0.25) is 0 Å². The summed E-state index contributed by atoms with van der Waals surface area (Å²) in [5.41, 5.74) is 0. The van der Waals surface area contributed by atoms with E-state index < -0.39 is 0 Å². The van der Waals surface area contributed by atoms with E-state index in [4.69, 9.17) is 10.4 Å². The monoisotopic (exact) mass is 214 g/mol. The van der Waals surface area contributed by atoms with Crippen LogP contribution in [0.4, 0.5) is 0 Å². The van der Waals surface area contributed by atoms with E-state index in [1.807, 2.05) is 0 Å². The zero-order valence-corrected chi connectivity index (χ0v) is 9.30. The lowest BCUT2D eigenvalue weighted by Gasteiger charge is -2.20. The minimum atomic E-state index is 0.266. The number of aliphatic hydroxyl groups is 1. The predicted molar refractivity (Wildman–Crippen MR) is 59.2 cm³/mol. The highest BCUT2D eigenvalue weighted by molar-refractivity contribution is 7.99. The molecule has 0 spiro atoms. The summed E-state index contributed by atoms with van der Waals surface area (Å²) in [6.45, 7) is 2.15. The second-order valence-corrected chi connectivity index (χ2v) is 4.66. The molecule has 4 heteroatoms. The molecule has 0 aromatic heterocycles. The number of rotatable bonds is 8. The van der Waals surface area contributed by atoms with Crippen molar-refractivity contribution in [2.75, 3.05) is 31.2 Å². The molecule has 0 aliphatic heterocycles. The molecule has 1 fully saturated rings. The van der Waals surface area contributed by atoms with E-state index in [1.165, 1.54) is 12.8 Å². The van der Waals surface area contributed by atoms with Gasteiger partial charge in [-0.05, 0) is 31.6 Å². The lowest BCUT2D eigenvalue weighted by Crippen LogP contribution is -2.30. The lowest BCUT2D eigenvalue weighted by atomic mass is 10.4. The number of nitrogens with zero attached hydrogens (tertiary/aromatic N) is 2. The van der Waals surface area contributed by atoms with Gasteiger partial charge in [0, 0.05) is 12.6 Å². The second-order valence-electron chi connectivity index (χ2n) is 3.56. The van der Waals surface area contributed by atoms with E-state index in [1.54, 1.807) is 11.8 Å². The number of hydrogen-bond donors (Lipinski definition) is 1. The summed E-state index contributed by atoms with van der Waals surface area (Å²) in [7, 11) is 0. The van der Waals surface area contributed by atoms with E-state index in [-0.39, 0.29) is 6.61 Å². The van der Waals surface area contributed by atoms with Crippen molar-refractivity contribution in [3.05, 3.63) is 0 Å². The van der Waals surface area contributed by atoms with E-state index in [2.05, 4.69) is 11.0 Å². The van der Waals surface area contributed by atoms with Crippen LogP contribution >= 0.6 is 11.8 Å². The van der Waals surface area contributed by atoms with Gasteiger partial charge in [0.15, 0.2) is 0 Å².